The molecular weight excluding hydrogens is 232 g/mol. The summed E-state index contributed by atoms with van der Waals surface area (Å²) in [6, 6.07) is 0. The number of aromatic nitrogens is 2. The second kappa shape index (κ2) is 6.28. The van der Waals surface area contributed by atoms with Gasteiger partial charge in [0.25, 0.3) is 0 Å². The molecule has 0 bridgehead atoms. The Kier molecular flexibility index (Phi) is 5.00. The van der Waals surface area contributed by atoms with E-state index in [4.69, 9.17) is 15.7 Å². The fraction of sp³-hybridized carbons (Fsp3) is 0.667. The van der Waals surface area contributed by atoms with E-state index >= 15 is 0 Å². The summed E-state index contributed by atoms with van der Waals surface area (Å²) in [5.41, 5.74) is 5.33. The van der Waals surface area contributed by atoms with Crippen molar-refractivity contribution in [3.63, 3.8) is 0 Å². The van der Waals surface area contributed by atoms with Crippen LogP contribution in [0.15, 0.2) is 17.5 Å². The summed E-state index contributed by atoms with van der Waals surface area (Å²) in [7, 11) is 0. The standard InChI is InChI=1S/C12H22N4O2/c1-4-18-10-8-14-16(9-10)7-5-6-12(2,3)11(13)15-17/h8-9,17H,4-7H2,1-3H3,(H2,13,15). The lowest BCUT2D eigenvalue weighted by molar-refractivity contribution is 0.303. The van der Waals surface area contributed by atoms with Crippen LogP contribution in [0.3, 0.4) is 0 Å². The van der Waals surface area contributed by atoms with Gasteiger partial charge in [0.1, 0.15) is 5.84 Å². The molecule has 102 valence electrons. The molecule has 6 nitrogen and oxygen atoms in total. The number of hydrogen-bond donors (Lipinski definition) is 2. The van der Waals surface area contributed by atoms with Crippen LogP contribution in [-0.4, -0.2) is 27.4 Å². The Labute approximate surface area is 107 Å². The van der Waals surface area contributed by atoms with E-state index in [1.807, 2.05) is 31.6 Å². The highest BCUT2D eigenvalue weighted by Gasteiger charge is 2.22. The third kappa shape index (κ3) is 3.94. The topological polar surface area (TPSA) is 85.7 Å². The molecule has 0 saturated carbocycles. The molecule has 0 unspecified atom stereocenters. The summed E-state index contributed by atoms with van der Waals surface area (Å²) in [5.74, 6) is 1.05. The molecule has 6 heteroatoms. The Bertz CT molecular complexity index is 399. The molecule has 0 saturated heterocycles. The van der Waals surface area contributed by atoms with Crippen molar-refractivity contribution >= 4 is 5.84 Å². The zero-order valence-corrected chi connectivity index (χ0v) is 11.3. The first-order chi connectivity index (χ1) is 8.49. The predicted molar refractivity (Wildman–Crippen MR) is 69.8 cm³/mol. The minimum Gasteiger partial charge on any atom is -0.491 e. The fourth-order valence-corrected chi connectivity index (χ4v) is 1.65. The van der Waals surface area contributed by atoms with Gasteiger partial charge in [-0.1, -0.05) is 19.0 Å². The van der Waals surface area contributed by atoms with E-state index in [0.29, 0.717) is 6.61 Å². The fourth-order valence-electron chi connectivity index (χ4n) is 1.65. The number of oxime groups is 1. The van der Waals surface area contributed by atoms with Crippen LogP contribution < -0.4 is 10.5 Å². The molecule has 1 rings (SSSR count). The van der Waals surface area contributed by atoms with Crippen molar-refractivity contribution in [2.75, 3.05) is 6.61 Å². The number of amidine groups is 1. The molecule has 1 aromatic heterocycles. The van der Waals surface area contributed by atoms with Crippen molar-refractivity contribution in [3.8, 4) is 5.75 Å². The predicted octanol–water partition coefficient (Wildman–Crippen LogP) is 1.83. The van der Waals surface area contributed by atoms with Gasteiger partial charge in [-0.2, -0.15) is 5.10 Å². The van der Waals surface area contributed by atoms with Crippen LogP contribution in [0.1, 0.15) is 33.6 Å². The summed E-state index contributed by atoms with van der Waals surface area (Å²) >= 11 is 0. The van der Waals surface area contributed by atoms with Gasteiger partial charge >= 0.3 is 0 Å². The van der Waals surface area contributed by atoms with E-state index in [1.54, 1.807) is 6.20 Å². The van der Waals surface area contributed by atoms with Crippen molar-refractivity contribution in [3.05, 3.63) is 12.4 Å². The van der Waals surface area contributed by atoms with E-state index < -0.39 is 0 Å². The minimum absolute atomic E-state index is 0.262. The van der Waals surface area contributed by atoms with Gasteiger partial charge in [-0.25, -0.2) is 0 Å². The highest BCUT2D eigenvalue weighted by atomic mass is 16.5. The third-order valence-electron chi connectivity index (χ3n) is 2.91. The molecule has 0 aliphatic heterocycles. The molecule has 0 atom stereocenters. The second-order valence-electron chi connectivity index (χ2n) is 4.84. The van der Waals surface area contributed by atoms with Gasteiger partial charge in [0.15, 0.2) is 5.75 Å². The molecule has 0 aliphatic rings. The van der Waals surface area contributed by atoms with Gasteiger partial charge in [0, 0.05) is 12.0 Å². The number of nitrogens with zero attached hydrogens (tertiary/aromatic N) is 3. The smallest absolute Gasteiger partial charge is 0.157 e. The van der Waals surface area contributed by atoms with E-state index in [0.717, 1.165) is 25.1 Å². The molecule has 1 heterocycles. The van der Waals surface area contributed by atoms with E-state index in [9.17, 15) is 0 Å². The first kappa shape index (κ1) is 14.3. The zero-order valence-electron chi connectivity index (χ0n) is 11.3. The minimum atomic E-state index is -0.301. The largest absolute Gasteiger partial charge is 0.491 e. The molecule has 18 heavy (non-hydrogen) atoms. The Morgan fingerprint density at radius 2 is 2.33 bits per heavy atom. The number of hydrogen-bond acceptors (Lipinski definition) is 4. The van der Waals surface area contributed by atoms with E-state index in [-0.39, 0.29) is 11.3 Å². The second-order valence-corrected chi connectivity index (χ2v) is 4.84. The summed E-state index contributed by atoms with van der Waals surface area (Å²) in [6.07, 6.45) is 5.31. The van der Waals surface area contributed by atoms with Crippen molar-refractivity contribution in [1.82, 2.24) is 9.78 Å². The molecular formula is C12H22N4O2. The SMILES string of the molecule is CCOc1cnn(CCCC(C)(C)C(N)=NO)c1. The molecule has 3 N–H and O–H groups in total. The van der Waals surface area contributed by atoms with Gasteiger partial charge in [0.05, 0.1) is 19.0 Å². The zero-order chi connectivity index (χ0) is 13.6. The average Bonchev–Trinajstić information content (AvgIpc) is 2.76. The van der Waals surface area contributed by atoms with Crippen molar-refractivity contribution in [2.24, 2.45) is 16.3 Å². The highest BCUT2D eigenvalue weighted by Crippen LogP contribution is 2.22. The first-order valence-corrected chi connectivity index (χ1v) is 6.13. The number of rotatable bonds is 7. The Hall–Kier alpha value is -1.72. The lowest BCUT2D eigenvalue weighted by Gasteiger charge is -2.22. The van der Waals surface area contributed by atoms with Crippen molar-refractivity contribution < 1.29 is 9.94 Å². The molecule has 0 radical (unpaired) electrons. The van der Waals surface area contributed by atoms with Gasteiger partial charge < -0.3 is 15.7 Å². The molecule has 0 aromatic carbocycles. The summed E-state index contributed by atoms with van der Waals surface area (Å²) in [6.45, 7) is 7.28. The molecule has 0 amide bonds. The number of aryl methyl sites for hydroxylation is 1. The highest BCUT2D eigenvalue weighted by molar-refractivity contribution is 5.85. The summed E-state index contributed by atoms with van der Waals surface area (Å²) < 4.78 is 7.17. The summed E-state index contributed by atoms with van der Waals surface area (Å²) in [5, 5.41) is 15.9. The lowest BCUT2D eigenvalue weighted by atomic mass is 9.86. The molecule has 1 aromatic rings. The lowest BCUT2D eigenvalue weighted by Crippen LogP contribution is -2.32. The van der Waals surface area contributed by atoms with Gasteiger partial charge in [-0.15, -0.1) is 0 Å². The van der Waals surface area contributed by atoms with Gasteiger partial charge in [-0.3, -0.25) is 4.68 Å². The van der Waals surface area contributed by atoms with E-state index in [1.165, 1.54) is 0 Å². The van der Waals surface area contributed by atoms with Crippen LogP contribution in [0, 0.1) is 5.41 Å². The molecule has 0 aliphatic carbocycles. The first-order valence-electron chi connectivity index (χ1n) is 6.13. The van der Waals surface area contributed by atoms with Crippen LogP contribution in [0.2, 0.25) is 0 Å². The summed E-state index contributed by atoms with van der Waals surface area (Å²) in [4.78, 5) is 0. The average molecular weight is 254 g/mol. The van der Waals surface area contributed by atoms with Crippen LogP contribution in [0.4, 0.5) is 0 Å². The van der Waals surface area contributed by atoms with Gasteiger partial charge in [-0.05, 0) is 19.8 Å². The van der Waals surface area contributed by atoms with Crippen LogP contribution in [0.25, 0.3) is 0 Å². The normalized spacial score (nSPS) is 12.7. The van der Waals surface area contributed by atoms with Crippen molar-refractivity contribution in [1.29, 1.82) is 0 Å². The number of ether oxygens (including phenoxy) is 1. The van der Waals surface area contributed by atoms with E-state index in [2.05, 4.69) is 10.3 Å². The maximum atomic E-state index is 8.68. The molecule has 0 fully saturated rings. The third-order valence-corrected chi connectivity index (χ3v) is 2.91. The van der Waals surface area contributed by atoms with Crippen LogP contribution in [0.5, 0.6) is 5.75 Å². The van der Waals surface area contributed by atoms with Gasteiger partial charge in [0.2, 0.25) is 0 Å². The van der Waals surface area contributed by atoms with Crippen molar-refractivity contribution in [2.45, 2.75) is 40.2 Å². The van der Waals surface area contributed by atoms with Crippen LogP contribution >= 0.6 is 0 Å². The monoisotopic (exact) mass is 254 g/mol. The van der Waals surface area contributed by atoms with Crippen LogP contribution in [-0.2, 0) is 6.54 Å². The quantitative estimate of drug-likeness (QED) is 0.336. The Balaban J connectivity index is 2.41. The maximum Gasteiger partial charge on any atom is 0.157 e. The Morgan fingerprint density at radius 1 is 1.61 bits per heavy atom. The Morgan fingerprint density at radius 3 is 2.94 bits per heavy atom. The number of nitrogens with two attached hydrogens (primary N) is 1. The maximum absolute atomic E-state index is 8.68. The molecule has 0 spiro atoms.